The van der Waals surface area contributed by atoms with E-state index in [1.165, 1.54) is 6.07 Å². The predicted molar refractivity (Wildman–Crippen MR) is 154 cm³/mol. The Morgan fingerprint density at radius 2 is 1.86 bits per heavy atom. The number of urea groups is 1. The van der Waals surface area contributed by atoms with Gasteiger partial charge in [0.2, 0.25) is 11.8 Å². The third-order valence-electron chi connectivity index (χ3n) is 9.46. The van der Waals surface area contributed by atoms with Gasteiger partial charge in [0.15, 0.2) is 0 Å². The number of aromatic nitrogens is 2. The summed E-state index contributed by atoms with van der Waals surface area (Å²) in [5.74, 6) is -0.716. The second-order valence-electron chi connectivity index (χ2n) is 12.1. The molecule has 5 amide bonds. The second kappa shape index (κ2) is 10.3. The number of imide groups is 1. The van der Waals surface area contributed by atoms with Crippen molar-refractivity contribution < 1.29 is 23.6 Å². The molecule has 11 heteroatoms. The molecule has 0 radical (unpaired) electrons. The minimum atomic E-state index is -1.20. The number of halogens is 1. The van der Waals surface area contributed by atoms with E-state index in [1.54, 1.807) is 36.3 Å². The Hall–Kier alpha value is -4.54. The zero-order valence-corrected chi connectivity index (χ0v) is 23.9. The fourth-order valence-electron chi connectivity index (χ4n) is 7.01. The Balaban J connectivity index is 1.10. The smallest absolute Gasteiger partial charge is 0.325 e. The number of likely N-dealkylation sites (N-methyl/N-ethyl adjacent to an activating group) is 1. The maximum atomic E-state index is 13.9. The van der Waals surface area contributed by atoms with Gasteiger partial charge in [0.05, 0.1) is 6.20 Å². The fourth-order valence-corrected chi connectivity index (χ4v) is 7.01. The van der Waals surface area contributed by atoms with Crippen molar-refractivity contribution in [3.05, 3.63) is 76.9 Å². The number of hydrogen-bond acceptors (Lipinski definition) is 5. The van der Waals surface area contributed by atoms with Crippen LogP contribution >= 0.6 is 0 Å². The summed E-state index contributed by atoms with van der Waals surface area (Å²) in [6.07, 6.45) is 7.99. The van der Waals surface area contributed by atoms with Crippen LogP contribution in [0.15, 0.2) is 48.8 Å². The first kappa shape index (κ1) is 27.3. The van der Waals surface area contributed by atoms with Gasteiger partial charge in [0.1, 0.15) is 24.4 Å². The lowest BCUT2D eigenvalue weighted by Gasteiger charge is -2.31. The van der Waals surface area contributed by atoms with Crippen LogP contribution < -0.4 is 10.6 Å². The van der Waals surface area contributed by atoms with Crippen LogP contribution in [0, 0.1) is 11.7 Å². The molecule has 7 rings (SSSR count). The van der Waals surface area contributed by atoms with E-state index in [9.17, 15) is 23.6 Å². The number of rotatable bonds is 6. The number of aryl methyl sites for hydroxylation is 2. The Morgan fingerprint density at radius 3 is 2.65 bits per heavy atom. The van der Waals surface area contributed by atoms with Crippen molar-refractivity contribution in [1.82, 2.24) is 30.2 Å². The molecule has 2 fully saturated rings. The third kappa shape index (κ3) is 4.76. The lowest BCUT2D eigenvalue weighted by Crippen LogP contribution is -2.48. The monoisotopic (exact) mass is 584 g/mol. The first-order valence-corrected chi connectivity index (χ1v) is 14.8. The second-order valence-corrected chi connectivity index (χ2v) is 12.1. The van der Waals surface area contributed by atoms with Crippen molar-refractivity contribution in [1.29, 1.82) is 0 Å². The van der Waals surface area contributed by atoms with E-state index in [1.807, 2.05) is 23.1 Å². The molecule has 1 saturated carbocycles. The van der Waals surface area contributed by atoms with Gasteiger partial charge in [-0.05, 0) is 84.4 Å². The molecule has 1 spiro atoms. The number of benzene rings is 2. The quantitative estimate of drug-likeness (QED) is 0.433. The lowest BCUT2D eigenvalue weighted by atomic mass is 9.90. The Bertz CT molecular complexity index is 1660. The molecule has 1 saturated heterocycles. The highest BCUT2D eigenvalue weighted by Crippen LogP contribution is 2.43. The van der Waals surface area contributed by atoms with Crippen molar-refractivity contribution in [2.24, 2.45) is 5.92 Å². The highest BCUT2D eigenvalue weighted by molar-refractivity contribution is 6.10. The predicted octanol–water partition coefficient (Wildman–Crippen LogP) is 2.88. The van der Waals surface area contributed by atoms with E-state index < -0.39 is 17.5 Å². The first-order chi connectivity index (χ1) is 20.8. The number of carbonyl (C=O) groups is 4. The zero-order valence-electron chi connectivity index (χ0n) is 23.9. The van der Waals surface area contributed by atoms with Crippen molar-refractivity contribution in [2.75, 3.05) is 13.6 Å². The average molecular weight is 585 g/mol. The van der Waals surface area contributed by atoms with Crippen LogP contribution in [0.4, 0.5) is 9.18 Å². The number of carbonyl (C=O) groups excluding carboxylic acids is 4. The number of fused-ring (bicyclic) bond motifs is 3. The molecule has 2 aliphatic carbocycles. The van der Waals surface area contributed by atoms with E-state index in [0.29, 0.717) is 31.7 Å². The normalized spacial score (nSPS) is 22.8. The summed E-state index contributed by atoms with van der Waals surface area (Å²) >= 11 is 0. The number of hydrogen-bond donors (Lipinski definition) is 2. The van der Waals surface area contributed by atoms with E-state index in [2.05, 4.69) is 15.7 Å². The molecule has 3 aromatic rings. The molecule has 4 aliphatic rings. The molecule has 3 heterocycles. The Labute approximate surface area is 248 Å². The van der Waals surface area contributed by atoms with E-state index in [4.69, 9.17) is 0 Å². The highest BCUT2D eigenvalue weighted by Gasteiger charge is 2.56. The molecule has 2 N–H and O–H groups in total. The molecule has 2 aliphatic heterocycles. The summed E-state index contributed by atoms with van der Waals surface area (Å²) in [5.41, 5.74) is 4.05. The van der Waals surface area contributed by atoms with Crippen molar-refractivity contribution in [3.8, 4) is 11.1 Å². The van der Waals surface area contributed by atoms with Gasteiger partial charge in [-0.2, -0.15) is 5.10 Å². The maximum absolute atomic E-state index is 13.9. The molecule has 10 nitrogen and oxygen atoms in total. The Morgan fingerprint density at radius 1 is 1.02 bits per heavy atom. The van der Waals surface area contributed by atoms with Crippen LogP contribution in [0.2, 0.25) is 0 Å². The molecule has 43 heavy (non-hydrogen) atoms. The summed E-state index contributed by atoms with van der Waals surface area (Å²) < 4.78 is 15.5. The van der Waals surface area contributed by atoms with Gasteiger partial charge in [0, 0.05) is 31.4 Å². The third-order valence-corrected chi connectivity index (χ3v) is 9.46. The largest absolute Gasteiger partial charge is 0.358 e. The molecule has 1 unspecified atom stereocenters. The fraction of sp³-hybridized carbons (Fsp3) is 0.406. The molecule has 0 bridgehead atoms. The van der Waals surface area contributed by atoms with Crippen LogP contribution in [0.5, 0.6) is 0 Å². The SMILES string of the molecule is CNC(=O)Cn1cc(-c2ccc3c(c2)CCC32NC(=O)N(CC(=O)N3Cc4ccc(F)cc4CC[C@H]3C3CC3)C2=O)cn1. The van der Waals surface area contributed by atoms with E-state index >= 15 is 0 Å². The Kier molecular flexibility index (Phi) is 6.55. The maximum Gasteiger partial charge on any atom is 0.325 e. The first-order valence-electron chi connectivity index (χ1n) is 14.8. The minimum absolute atomic E-state index is 0.00373. The van der Waals surface area contributed by atoms with Gasteiger partial charge in [-0.15, -0.1) is 0 Å². The van der Waals surface area contributed by atoms with Crippen molar-refractivity contribution in [2.45, 2.75) is 63.2 Å². The minimum Gasteiger partial charge on any atom is -0.358 e. The lowest BCUT2D eigenvalue weighted by molar-refractivity contribution is -0.141. The molecular formula is C32H33FN6O4. The summed E-state index contributed by atoms with van der Waals surface area (Å²) in [4.78, 5) is 55.6. The van der Waals surface area contributed by atoms with Gasteiger partial charge in [-0.25, -0.2) is 9.18 Å². The summed E-state index contributed by atoms with van der Waals surface area (Å²) in [6.45, 7) is 0.128. The van der Waals surface area contributed by atoms with Crippen molar-refractivity contribution in [3.63, 3.8) is 0 Å². The molecule has 1 aromatic heterocycles. The zero-order chi connectivity index (χ0) is 29.9. The summed E-state index contributed by atoms with van der Waals surface area (Å²) in [6, 6.07) is 9.89. The molecular weight excluding hydrogens is 551 g/mol. The van der Waals surface area contributed by atoms with Crippen LogP contribution in [0.3, 0.4) is 0 Å². The van der Waals surface area contributed by atoms with Gasteiger partial charge in [0.25, 0.3) is 5.91 Å². The van der Waals surface area contributed by atoms with E-state index in [0.717, 1.165) is 57.5 Å². The molecule has 2 aromatic carbocycles. The highest BCUT2D eigenvalue weighted by atomic mass is 19.1. The van der Waals surface area contributed by atoms with Gasteiger partial charge >= 0.3 is 6.03 Å². The van der Waals surface area contributed by atoms with Gasteiger partial charge in [-0.1, -0.05) is 24.3 Å². The van der Waals surface area contributed by atoms with Gasteiger partial charge in [-0.3, -0.25) is 24.0 Å². The summed E-state index contributed by atoms with van der Waals surface area (Å²) in [5, 5.41) is 9.78. The van der Waals surface area contributed by atoms with Crippen LogP contribution in [-0.2, 0) is 45.9 Å². The van der Waals surface area contributed by atoms with Crippen LogP contribution in [0.25, 0.3) is 11.1 Å². The summed E-state index contributed by atoms with van der Waals surface area (Å²) in [7, 11) is 1.57. The number of nitrogens with zero attached hydrogens (tertiary/aromatic N) is 4. The van der Waals surface area contributed by atoms with Crippen LogP contribution in [0.1, 0.15) is 47.9 Å². The van der Waals surface area contributed by atoms with Crippen molar-refractivity contribution >= 4 is 23.8 Å². The standard InChI is InChI=1S/C32H33FN6O4/c1-34-28(40)17-37-15-24(14-35-37)20-5-8-26-22(12-20)10-11-32(26)30(42)39(31(43)36-32)18-29(41)38-16-23-4-7-25(33)13-21(23)6-9-27(38)19-2-3-19/h4-5,7-8,12-15,19,27H,2-3,6,9-11,16-18H2,1H3,(H,34,40)(H,36,43)/t27-,32?/m0/s1. The van der Waals surface area contributed by atoms with Gasteiger partial charge < -0.3 is 15.5 Å². The van der Waals surface area contributed by atoms with Crippen LogP contribution in [-0.4, -0.2) is 63.0 Å². The average Bonchev–Trinajstić information content (AvgIpc) is 3.61. The molecule has 222 valence electrons. The number of amides is 5. The number of nitrogens with one attached hydrogen (secondary N) is 2. The topological polar surface area (TPSA) is 117 Å². The van der Waals surface area contributed by atoms with E-state index in [-0.39, 0.29) is 36.8 Å². The molecule has 2 atom stereocenters.